The molecule has 0 radical (unpaired) electrons. The molecule has 150 valence electrons. The standard InChI is InChI=1S/C22H28N2O3S/c1-16(2)20-6-4-5-7-21(20)23-22(25)18-8-10-19(11-9-18)28(26,27)24-14-12-17(3)13-15-24/h4-11,16-17H,12-15H2,1-3H3,(H,23,25). The molecule has 1 N–H and O–H groups in total. The van der Waals surface area contributed by atoms with Gasteiger partial charge in [0.05, 0.1) is 4.90 Å². The number of para-hydroxylation sites is 1. The van der Waals surface area contributed by atoms with Gasteiger partial charge in [0.25, 0.3) is 5.91 Å². The van der Waals surface area contributed by atoms with Gasteiger partial charge in [0, 0.05) is 24.3 Å². The Bertz CT molecular complexity index is 929. The van der Waals surface area contributed by atoms with E-state index < -0.39 is 10.0 Å². The van der Waals surface area contributed by atoms with E-state index in [9.17, 15) is 13.2 Å². The van der Waals surface area contributed by atoms with Gasteiger partial charge < -0.3 is 5.32 Å². The van der Waals surface area contributed by atoms with Gasteiger partial charge in [0.1, 0.15) is 0 Å². The first-order valence-corrected chi connectivity index (χ1v) is 11.2. The molecule has 0 atom stereocenters. The van der Waals surface area contributed by atoms with Gasteiger partial charge >= 0.3 is 0 Å². The number of carbonyl (C=O) groups is 1. The minimum atomic E-state index is -3.50. The lowest BCUT2D eigenvalue weighted by molar-refractivity contribution is 0.102. The predicted molar refractivity (Wildman–Crippen MR) is 112 cm³/mol. The Balaban J connectivity index is 1.75. The fourth-order valence-electron chi connectivity index (χ4n) is 3.46. The smallest absolute Gasteiger partial charge is 0.255 e. The molecule has 28 heavy (non-hydrogen) atoms. The molecule has 0 unspecified atom stereocenters. The van der Waals surface area contributed by atoms with E-state index in [1.165, 1.54) is 12.1 Å². The summed E-state index contributed by atoms with van der Waals surface area (Å²) in [5, 5.41) is 2.94. The van der Waals surface area contributed by atoms with Gasteiger partial charge in [-0.05, 0) is 60.6 Å². The summed E-state index contributed by atoms with van der Waals surface area (Å²) in [4.78, 5) is 12.9. The minimum Gasteiger partial charge on any atom is -0.322 e. The lowest BCUT2D eigenvalue weighted by Crippen LogP contribution is -2.37. The maximum absolute atomic E-state index is 12.8. The number of rotatable bonds is 5. The Morgan fingerprint density at radius 3 is 2.25 bits per heavy atom. The molecule has 1 heterocycles. The first kappa shape index (κ1) is 20.6. The van der Waals surface area contributed by atoms with Crippen molar-refractivity contribution in [2.45, 2.75) is 44.4 Å². The molecule has 0 aliphatic carbocycles. The Labute approximate surface area is 167 Å². The van der Waals surface area contributed by atoms with Crippen LogP contribution in [0.5, 0.6) is 0 Å². The van der Waals surface area contributed by atoms with Gasteiger partial charge in [-0.15, -0.1) is 0 Å². The van der Waals surface area contributed by atoms with Crippen molar-refractivity contribution in [1.82, 2.24) is 4.31 Å². The summed E-state index contributed by atoms with van der Waals surface area (Å²) in [7, 11) is -3.50. The topological polar surface area (TPSA) is 66.5 Å². The van der Waals surface area contributed by atoms with Crippen molar-refractivity contribution in [1.29, 1.82) is 0 Å². The summed E-state index contributed by atoms with van der Waals surface area (Å²) in [5.41, 5.74) is 2.28. The molecule has 0 aromatic heterocycles. The van der Waals surface area contributed by atoms with E-state index in [4.69, 9.17) is 0 Å². The van der Waals surface area contributed by atoms with Crippen molar-refractivity contribution < 1.29 is 13.2 Å². The van der Waals surface area contributed by atoms with Crippen LogP contribution in [0.15, 0.2) is 53.4 Å². The highest BCUT2D eigenvalue weighted by Gasteiger charge is 2.28. The van der Waals surface area contributed by atoms with Crippen molar-refractivity contribution in [2.75, 3.05) is 18.4 Å². The first-order valence-electron chi connectivity index (χ1n) is 9.79. The van der Waals surface area contributed by atoms with Crippen LogP contribution in [0.3, 0.4) is 0 Å². The van der Waals surface area contributed by atoms with E-state index in [2.05, 4.69) is 26.1 Å². The van der Waals surface area contributed by atoms with Crippen LogP contribution in [0.1, 0.15) is 55.5 Å². The number of amides is 1. The quantitative estimate of drug-likeness (QED) is 0.804. The number of carbonyl (C=O) groups excluding carboxylic acids is 1. The fourth-order valence-corrected chi connectivity index (χ4v) is 4.93. The van der Waals surface area contributed by atoms with Crippen LogP contribution in [0, 0.1) is 5.92 Å². The van der Waals surface area contributed by atoms with E-state index in [0.29, 0.717) is 24.6 Å². The number of sulfonamides is 1. The third-order valence-electron chi connectivity index (χ3n) is 5.33. The fraction of sp³-hybridized carbons (Fsp3) is 0.409. The zero-order chi connectivity index (χ0) is 20.3. The normalized spacial score (nSPS) is 16.3. The number of hydrogen-bond acceptors (Lipinski definition) is 3. The molecule has 1 fully saturated rings. The molecule has 0 bridgehead atoms. The molecule has 1 saturated heterocycles. The second-order valence-electron chi connectivity index (χ2n) is 7.81. The SMILES string of the molecule is CC1CCN(S(=O)(=O)c2ccc(C(=O)Nc3ccccc3C(C)C)cc2)CC1. The molecule has 2 aromatic carbocycles. The third-order valence-corrected chi connectivity index (χ3v) is 7.24. The average Bonchev–Trinajstić information content (AvgIpc) is 2.68. The van der Waals surface area contributed by atoms with Crippen LogP contribution in [0.2, 0.25) is 0 Å². The highest BCUT2D eigenvalue weighted by Crippen LogP contribution is 2.26. The summed E-state index contributed by atoms with van der Waals surface area (Å²) in [6.45, 7) is 7.40. The summed E-state index contributed by atoms with van der Waals surface area (Å²) < 4.78 is 27.2. The summed E-state index contributed by atoms with van der Waals surface area (Å²) >= 11 is 0. The summed E-state index contributed by atoms with van der Waals surface area (Å²) in [5.74, 6) is 0.603. The highest BCUT2D eigenvalue weighted by atomic mass is 32.2. The predicted octanol–water partition coefficient (Wildman–Crippen LogP) is 4.48. The van der Waals surface area contributed by atoms with E-state index in [1.807, 2.05) is 24.3 Å². The van der Waals surface area contributed by atoms with Crippen molar-refractivity contribution in [2.24, 2.45) is 5.92 Å². The Kier molecular flexibility index (Phi) is 6.20. The van der Waals surface area contributed by atoms with Gasteiger partial charge in [-0.1, -0.05) is 39.0 Å². The van der Waals surface area contributed by atoms with Crippen LogP contribution in [0.25, 0.3) is 0 Å². The molecule has 0 spiro atoms. The van der Waals surface area contributed by atoms with Crippen LogP contribution in [-0.2, 0) is 10.0 Å². The monoisotopic (exact) mass is 400 g/mol. The molecule has 2 aromatic rings. The number of nitrogens with zero attached hydrogens (tertiary/aromatic N) is 1. The van der Waals surface area contributed by atoms with Gasteiger partial charge in [-0.25, -0.2) is 8.42 Å². The van der Waals surface area contributed by atoms with E-state index in [-0.39, 0.29) is 16.7 Å². The van der Waals surface area contributed by atoms with Crippen LogP contribution in [-0.4, -0.2) is 31.7 Å². The highest BCUT2D eigenvalue weighted by molar-refractivity contribution is 7.89. The van der Waals surface area contributed by atoms with Crippen LogP contribution in [0.4, 0.5) is 5.69 Å². The zero-order valence-electron chi connectivity index (χ0n) is 16.7. The molecule has 1 aliphatic heterocycles. The summed E-state index contributed by atoms with van der Waals surface area (Å²) in [6, 6.07) is 13.9. The molecule has 3 rings (SSSR count). The van der Waals surface area contributed by atoms with Gasteiger partial charge in [0.15, 0.2) is 0 Å². The Morgan fingerprint density at radius 2 is 1.64 bits per heavy atom. The third kappa shape index (κ3) is 4.45. The van der Waals surface area contributed by atoms with Crippen molar-refractivity contribution in [3.8, 4) is 0 Å². The maximum atomic E-state index is 12.8. The van der Waals surface area contributed by atoms with E-state index in [0.717, 1.165) is 24.1 Å². The molecule has 6 heteroatoms. The molecule has 5 nitrogen and oxygen atoms in total. The second kappa shape index (κ2) is 8.45. The van der Waals surface area contributed by atoms with Gasteiger partial charge in [-0.3, -0.25) is 4.79 Å². The van der Waals surface area contributed by atoms with Crippen molar-refractivity contribution >= 4 is 21.6 Å². The van der Waals surface area contributed by atoms with E-state index in [1.54, 1.807) is 16.4 Å². The van der Waals surface area contributed by atoms with Gasteiger partial charge in [-0.2, -0.15) is 4.31 Å². The number of hydrogen-bond donors (Lipinski definition) is 1. The second-order valence-corrected chi connectivity index (χ2v) is 9.74. The van der Waals surface area contributed by atoms with Crippen LogP contribution >= 0.6 is 0 Å². The number of benzene rings is 2. The molecule has 1 amide bonds. The number of nitrogens with one attached hydrogen (secondary N) is 1. The van der Waals surface area contributed by atoms with Crippen molar-refractivity contribution in [3.05, 3.63) is 59.7 Å². The van der Waals surface area contributed by atoms with Crippen LogP contribution < -0.4 is 5.32 Å². The molecule has 0 saturated carbocycles. The minimum absolute atomic E-state index is 0.237. The zero-order valence-corrected chi connectivity index (χ0v) is 17.5. The first-order chi connectivity index (χ1) is 13.3. The molecular formula is C22H28N2O3S. The Hall–Kier alpha value is -2.18. The largest absolute Gasteiger partial charge is 0.322 e. The number of anilines is 1. The maximum Gasteiger partial charge on any atom is 0.255 e. The molecule has 1 aliphatic rings. The lowest BCUT2D eigenvalue weighted by Gasteiger charge is -2.29. The number of piperidine rings is 1. The van der Waals surface area contributed by atoms with E-state index >= 15 is 0 Å². The van der Waals surface area contributed by atoms with Gasteiger partial charge in [0.2, 0.25) is 10.0 Å². The Morgan fingerprint density at radius 1 is 1.04 bits per heavy atom. The average molecular weight is 401 g/mol. The summed E-state index contributed by atoms with van der Waals surface area (Å²) in [6.07, 6.45) is 1.77. The van der Waals surface area contributed by atoms with Crippen molar-refractivity contribution in [3.63, 3.8) is 0 Å². The lowest BCUT2D eigenvalue weighted by atomic mass is 10.0. The molecular weight excluding hydrogens is 372 g/mol.